The number of fused-ring (bicyclic) bond motifs is 2. The number of alkyl halides is 3. The zero-order valence-electron chi connectivity index (χ0n) is 33.3. The van der Waals surface area contributed by atoms with E-state index in [0.717, 1.165) is 61.3 Å². The number of imide groups is 1. The Hall–Kier alpha value is -5.31. The Morgan fingerprint density at radius 3 is 2.46 bits per heavy atom. The van der Waals surface area contributed by atoms with E-state index in [-0.39, 0.29) is 47.7 Å². The van der Waals surface area contributed by atoms with Gasteiger partial charge in [-0.15, -0.1) is 0 Å². The molecule has 1 saturated carbocycles. The Labute approximate surface area is 360 Å². The molecule has 18 heteroatoms. The van der Waals surface area contributed by atoms with Gasteiger partial charge >= 0.3 is 6.18 Å². The van der Waals surface area contributed by atoms with Crippen molar-refractivity contribution < 1.29 is 37.1 Å². The number of piperidine rings is 2. The number of thiocarbonyl (C=S) groups is 1. The molecule has 4 atom stereocenters. The van der Waals surface area contributed by atoms with Gasteiger partial charge in [-0.1, -0.05) is 18.5 Å². The summed E-state index contributed by atoms with van der Waals surface area (Å²) in [6.45, 7) is 2.74. The normalized spacial score (nSPS) is 23.5. The van der Waals surface area contributed by atoms with Gasteiger partial charge in [0.15, 0.2) is 10.8 Å². The summed E-state index contributed by atoms with van der Waals surface area (Å²) in [5.41, 5.74) is -0.542. The van der Waals surface area contributed by atoms with Crippen LogP contribution in [0.5, 0.6) is 5.75 Å². The molecule has 0 radical (unpaired) electrons. The zero-order chi connectivity index (χ0) is 43.2. The lowest BCUT2D eigenvalue weighted by Crippen LogP contribution is -2.55. The number of rotatable bonds is 12. The van der Waals surface area contributed by atoms with Crippen LogP contribution in [0.4, 0.5) is 35.9 Å². The molecule has 1 spiro atoms. The summed E-state index contributed by atoms with van der Waals surface area (Å²) in [5, 5.41) is 18.1. The quantitative estimate of drug-likeness (QED) is 0.126. The second-order valence-corrected chi connectivity index (χ2v) is 17.2. The molecule has 2 unspecified atom stereocenters. The van der Waals surface area contributed by atoms with Crippen LogP contribution in [-0.4, -0.2) is 75.4 Å². The number of ether oxygens (including phenoxy) is 1. The van der Waals surface area contributed by atoms with Crippen molar-refractivity contribution in [2.75, 3.05) is 33.6 Å². The predicted octanol–water partition coefficient (Wildman–Crippen LogP) is 7.12. The summed E-state index contributed by atoms with van der Waals surface area (Å²) in [4.78, 5) is 59.9. The minimum atomic E-state index is -4.85. The largest absolute Gasteiger partial charge is 0.493 e. The molecule has 5 heterocycles. The van der Waals surface area contributed by atoms with Crippen LogP contribution in [0.2, 0.25) is 5.02 Å². The summed E-state index contributed by atoms with van der Waals surface area (Å²) < 4.78 is 47.9. The highest BCUT2D eigenvalue weighted by atomic mass is 35.5. The first-order valence-corrected chi connectivity index (χ1v) is 21.3. The smallest absolute Gasteiger partial charge is 0.419 e. The molecule has 61 heavy (non-hydrogen) atoms. The molecular weight excluding hydrogens is 833 g/mol. The third kappa shape index (κ3) is 8.37. The van der Waals surface area contributed by atoms with E-state index in [2.05, 4.69) is 25.8 Å². The van der Waals surface area contributed by atoms with Crippen molar-refractivity contribution in [3.63, 3.8) is 0 Å². The van der Waals surface area contributed by atoms with Crippen molar-refractivity contribution >= 4 is 75.3 Å². The van der Waals surface area contributed by atoms with Gasteiger partial charge in [-0.3, -0.25) is 34.3 Å². The summed E-state index contributed by atoms with van der Waals surface area (Å²) >= 11 is 12.2. The molecule has 3 N–H and O–H groups in total. The molecular formula is C43H44ClF3N8O5S. The number of carbonyl (C=O) groups is 4. The summed E-state index contributed by atoms with van der Waals surface area (Å²) in [6.07, 6.45) is 3.94. The van der Waals surface area contributed by atoms with Gasteiger partial charge in [-0.2, -0.15) is 18.4 Å². The lowest BCUT2D eigenvalue weighted by Gasteiger charge is -2.43. The lowest BCUT2D eigenvalue weighted by molar-refractivity contribution is -0.138. The molecule has 4 aliphatic heterocycles. The SMILES string of the molecule is CCc1cc(N2C(=S)N(c3cnc(C#N)c(C(F)(F)F)c3)C(=O)C23CCC3)ccc1OCCC1C[C@H]2CC[C@@H](C1)N2CC(=O)Nc1cc(Cl)cc(NC2CCC(=O)NC2=O)c1. The number of amides is 4. The Kier molecular flexibility index (Phi) is 11.7. The van der Waals surface area contributed by atoms with Crippen molar-refractivity contribution in [3.8, 4) is 11.8 Å². The number of hydrogen-bond donors (Lipinski definition) is 3. The Bertz CT molecular complexity index is 2320. The maximum Gasteiger partial charge on any atom is 0.419 e. The third-order valence-electron chi connectivity index (χ3n) is 12.7. The average Bonchev–Trinajstić information content (AvgIpc) is 3.56. The molecule has 5 aliphatic rings. The summed E-state index contributed by atoms with van der Waals surface area (Å²) in [5.74, 6) is -0.142. The maximum atomic E-state index is 14.0. The molecule has 320 valence electrons. The third-order valence-corrected chi connectivity index (χ3v) is 13.3. The lowest BCUT2D eigenvalue weighted by atomic mass is 9.75. The second-order valence-electron chi connectivity index (χ2n) is 16.4. The van der Waals surface area contributed by atoms with E-state index in [1.807, 2.05) is 25.1 Å². The number of nitrogens with one attached hydrogen (secondary N) is 3. The monoisotopic (exact) mass is 876 g/mol. The van der Waals surface area contributed by atoms with Gasteiger partial charge in [0.1, 0.15) is 23.4 Å². The number of nitriles is 1. The highest BCUT2D eigenvalue weighted by Gasteiger charge is 2.60. The number of nitrogens with zero attached hydrogens (tertiary/aromatic N) is 5. The van der Waals surface area contributed by atoms with Crippen LogP contribution < -0.4 is 30.5 Å². The Balaban J connectivity index is 0.868. The van der Waals surface area contributed by atoms with E-state index < -0.39 is 40.8 Å². The average molecular weight is 877 g/mol. The van der Waals surface area contributed by atoms with Gasteiger partial charge in [-0.25, -0.2) is 4.98 Å². The molecule has 1 aliphatic carbocycles. The standard InChI is InChI=1S/C43H44ClF3N8O5S/c1-2-25-16-31(55-41(61)54(40(59)42(55)11-3-12-42)32-20-33(43(45,46)47)35(21-48)49-22-32)6-8-36(25)60-13-10-24-14-29-4-5-30(15-24)53(29)23-38(57)51-28-18-26(44)17-27(19-28)50-34-7-9-37(56)52-39(34)58/h6,8,16-20,22,24,29-30,34,50H,2-5,7,9-15,23H2,1H3,(H,51,57)(H,52,56,58)/t24?,29-,30+,34?. The first-order valence-electron chi connectivity index (χ1n) is 20.6. The number of aryl methyl sites for hydroxylation is 1. The number of halogens is 4. The molecule has 4 amide bonds. The van der Waals surface area contributed by atoms with Gasteiger partial charge in [0.25, 0.3) is 5.91 Å². The van der Waals surface area contributed by atoms with Crippen LogP contribution in [0, 0.1) is 17.2 Å². The number of hydrogen-bond acceptors (Lipinski definition) is 10. The second kappa shape index (κ2) is 16.9. The number of carbonyl (C=O) groups excluding carboxylic acids is 4. The van der Waals surface area contributed by atoms with Crippen molar-refractivity contribution in [1.29, 1.82) is 5.26 Å². The summed E-state index contributed by atoms with van der Waals surface area (Å²) in [6, 6.07) is 12.9. The fourth-order valence-electron chi connectivity index (χ4n) is 9.57. The topological polar surface area (TPSA) is 160 Å². The molecule has 8 rings (SSSR count). The van der Waals surface area contributed by atoms with E-state index in [0.29, 0.717) is 66.0 Å². The first-order chi connectivity index (χ1) is 29.2. The predicted molar refractivity (Wildman–Crippen MR) is 225 cm³/mol. The zero-order valence-corrected chi connectivity index (χ0v) is 34.9. The van der Waals surface area contributed by atoms with Crippen LogP contribution >= 0.6 is 23.8 Å². The molecule has 4 saturated heterocycles. The molecule has 1 aromatic heterocycles. The van der Waals surface area contributed by atoms with E-state index in [9.17, 15) is 37.6 Å². The highest BCUT2D eigenvalue weighted by molar-refractivity contribution is 7.81. The van der Waals surface area contributed by atoms with Gasteiger partial charge in [-0.05, 0) is 130 Å². The minimum absolute atomic E-state index is 0.0523. The maximum absolute atomic E-state index is 14.0. The van der Waals surface area contributed by atoms with Crippen molar-refractivity contribution in [3.05, 3.63) is 70.5 Å². The van der Waals surface area contributed by atoms with Crippen LogP contribution in [0.1, 0.15) is 88.0 Å². The van der Waals surface area contributed by atoms with Gasteiger partial charge in [0, 0.05) is 40.6 Å². The number of benzene rings is 2. The molecule has 3 aromatic rings. The minimum Gasteiger partial charge on any atom is -0.493 e. The fraction of sp³-hybridized carbons (Fsp3) is 0.465. The molecule has 2 bridgehead atoms. The fourth-order valence-corrected chi connectivity index (χ4v) is 10.3. The van der Waals surface area contributed by atoms with Crippen molar-refractivity contribution in [1.82, 2.24) is 15.2 Å². The number of pyridine rings is 1. The van der Waals surface area contributed by atoms with Gasteiger partial charge in [0.05, 0.1) is 30.6 Å². The van der Waals surface area contributed by atoms with E-state index in [4.69, 9.17) is 28.6 Å². The molecule has 2 aromatic carbocycles. The Morgan fingerprint density at radius 1 is 1.07 bits per heavy atom. The van der Waals surface area contributed by atoms with Crippen LogP contribution in [0.3, 0.4) is 0 Å². The van der Waals surface area contributed by atoms with E-state index in [1.165, 1.54) is 6.07 Å². The van der Waals surface area contributed by atoms with E-state index >= 15 is 0 Å². The van der Waals surface area contributed by atoms with Crippen molar-refractivity contribution in [2.45, 2.75) is 107 Å². The Morgan fingerprint density at radius 2 is 1.80 bits per heavy atom. The van der Waals surface area contributed by atoms with Crippen LogP contribution in [-0.2, 0) is 31.8 Å². The van der Waals surface area contributed by atoms with Crippen LogP contribution in [0.25, 0.3) is 0 Å². The molecule has 5 fully saturated rings. The first kappa shape index (κ1) is 42.4. The van der Waals surface area contributed by atoms with E-state index in [1.54, 1.807) is 23.1 Å². The molecule has 13 nitrogen and oxygen atoms in total. The van der Waals surface area contributed by atoms with Crippen molar-refractivity contribution in [2.24, 2.45) is 5.92 Å². The number of aromatic nitrogens is 1. The van der Waals surface area contributed by atoms with Gasteiger partial charge < -0.3 is 20.3 Å². The number of anilines is 4. The highest BCUT2D eigenvalue weighted by Crippen LogP contribution is 2.49. The van der Waals surface area contributed by atoms with Gasteiger partial charge in [0.2, 0.25) is 17.7 Å². The van der Waals surface area contributed by atoms with Crippen LogP contribution in [0.15, 0.2) is 48.7 Å². The summed E-state index contributed by atoms with van der Waals surface area (Å²) in [7, 11) is 0.